The number of primary amides is 1. The van der Waals surface area contributed by atoms with Gasteiger partial charge in [-0.1, -0.05) is 41.9 Å². The van der Waals surface area contributed by atoms with Crippen LogP contribution in [0.3, 0.4) is 0 Å². The van der Waals surface area contributed by atoms with Crippen molar-refractivity contribution in [3.63, 3.8) is 0 Å². The third-order valence-electron chi connectivity index (χ3n) is 4.93. The summed E-state index contributed by atoms with van der Waals surface area (Å²) in [6.45, 7) is -0.558. The average Bonchev–Trinajstić information content (AvgIpc) is 2.87. The SMILES string of the molecule is NC(=O)COc1ccc(/C=N\NC(=O)CN(CCc2ccccc2)S(=O)(=O)c2ccc(Cl)cc2)cc1. The maximum atomic E-state index is 13.2. The molecule has 2 amide bonds. The summed E-state index contributed by atoms with van der Waals surface area (Å²) in [7, 11) is -3.96. The van der Waals surface area contributed by atoms with Crippen LogP contribution < -0.4 is 15.9 Å². The normalized spacial score (nSPS) is 11.5. The fourth-order valence-corrected chi connectivity index (χ4v) is 4.64. The molecule has 0 unspecified atom stereocenters. The number of carbonyl (C=O) groups excluding carboxylic acids is 2. The van der Waals surface area contributed by atoms with E-state index < -0.39 is 28.4 Å². The van der Waals surface area contributed by atoms with E-state index in [1.807, 2.05) is 30.3 Å². The Bertz CT molecular complexity index is 1300. The van der Waals surface area contributed by atoms with Gasteiger partial charge < -0.3 is 10.5 Å². The quantitative estimate of drug-likeness (QED) is 0.275. The minimum atomic E-state index is -3.96. The number of ether oxygens (including phenoxy) is 1. The Morgan fingerprint density at radius 3 is 2.31 bits per heavy atom. The number of nitrogens with two attached hydrogens (primary N) is 1. The highest BCUT2D eigenvalue weighted by atomic mass is 35.5. The minimum Gasteiger partial charge on any atom is -0.484 e. The summed E-state index contributed by atoms with van der Waals surface area (Å²) in [5.74, 6) is -0.728. The van der Waals surface area contributed by atoms with Gasteiger partial charge in [-0.25, -0.2) is 13.8 Å². The number of benzene rings is 3. The molecule has 0 bridgehead atoms. The number of amides is 2. The van der Waals surface area contributed by atoms with Gasteiger partial charge in [0, 0.05) is 11.6 Å². The highest BCUT2D eigenvalue weighted by Crippen LogP contribution is 2.19. The van der Waals surface area contributed by atoms with E-state index in [0.29, 0.717) is 22.8 Å². The zero-order valence-corrected chi connectivity index (χ0v) is 20.8. The van der Waals surface area contributed by atoms with Crippen LogP contribution in [-0.2, 0) is 26.0 Å². The van der Waals surface area contributed by atoms with E-state index in [0.717, 1.165) is 9.87 Å². The van der Waals surface area contributed by atoms with Crippen LogP contribution >= 0.6 is 11.6 Å². The first-order chi connectivity index (χ1) is 17.2. The van der Waals surface area contributed by atoms with Crippen molar-refractivity contribution >= 4 is 39.7 Å². The van der Waals surface area contributed by atoms with E-state index in [2.05, 4.69) is 10.5 Å². The van der Waals surface area contributed by atoms with Crippen LogP contribution in [0.2, 0.25) is 5.02 Å². The lowest BCUT2D eigenvalue weighted by molar-refractivity contribution is -0.121. The molecule has 0 saturated heterocycles. The van der Waals surface area contributed by atoms with Crippen molar-refractivity contribution in [1.29, 1.82) is 0 Å². The van der Waals surface area contributed by atoms with Crippen molar-refractivity contribution in [1.82, 2.24) is 9.73 Å². The van der Waals surface area contributed by atoms with E-state index in [1.54, 1.807) is 24.3 Å². The van der Waals surface area contributed by atoms with Crippen LogP contribution in [0.5, 0.6) is 5.75 Å². The van der Waals surface area contributed by atoms with E-state index in [9.17, 15) is 18.0 Å². The summed E-state index contributed by atoms with van der Waals surface area (Å²) in [5, 5.41) is 4.31. The molecule has 36 heavy (non-hydrogen) atoms. The van der Waals surface area contributed by atoms with Gasteiger partial charge in [-0.3, -0.25) is 9.59 Å². The number of rotatable bonds is 12. The summed E-state index contributed by atoms with van der Waals surface area (Å²) in [6.07, 6.45) is 1.83. The number of hydrogen-bond acceptors (Lipinski definition) is 6. The van der Waals surface area contributed by atoms with Crippen LogP contribution in [0.25, 0.3) is 0 Å². The maximum absolute atomic E-state index is 13.2. The molecule has 9 nitrogen and oxygen atoms in total. The second-order valence-electron chi connectivity index (χ2n) is 7.65. The molecule has 0 spiro atoms. The molecule has 0 radical (unpaired) electrons. The first-order valence-corrected chi connectivity index (χ1v) is 12.7. The summed E-state index contributed by atoms with van der Waals surface area (Å²) in [6, 6.07) is 21.7. The molecule has 0 aromatic heterocycles. The highest BCUT2D eigenvalue weighted by molar-refractivity contribution is 7.89. The Labute approximate surface area is 214 Å². The molecule has 0 aliphatic heterocycles. The molecular formula is C25H25ClN4O5S. The molecule has 0 heterocycles. The number of nitrogens with zero attached hydrogens (tertiary/aromatic N) is 2. The lowest BCUT2D eigenvalue weighted by Gasteiger charge is -2.21. The molecule has 11 heteroatoms. The van der Waals surface area contributed by atoms with E-state index in [1.165, 1.54) is 30.5 Å². The van der Waals surface area contributed by atoms with Crippen molar-refractivity contribution in [3.05, 3.63) is 95.0 Å². The first kappa shape index (κ1) is 26.9. The number of sulfonamides is 1. The second kappa shape index (κ2) is 12.8. The molecule has 3 rings (SSSR count). The van der Waals surface area contributed by atoms with Crippen molar-refractivity contribution in [2.75, 3.05) is 19.7 Å². The van der Waals surface area contributed by atoms with Gasteiger partial charge in [0.05, 0.1) is 17.7 Å². The van der Waals surface area contributed by atoms with Gasteiger partial charge in [-0.15, -0.1) is 0 Å². The Morgan fingerprint density at radius 1 is 1.00 bits per heavy atom. The van der Waals surface area contributed by atoms with Crippen LogP contribution in [0.4, 0.5) is 0 Å². The van der Waals surface area contributed by atoms with E-state index in [4.69, 9.17) is 22.1 Å². The Morgan fingerprint density at radius 2 is 1.67 bits per heavy atom. The monoisotopic (exact) mass is 528 g/mol. The zero-order chi connectivity index (χ0) is 26.0. The molecule has 3 aromatic carbocycles. The lowest BCUT2D eigenvalue weighted by atomic mass is 10.1. The summed E-state index contributed by atoms with van der Waals surface area (Å²) in [4.78, 5) is 23.4. The van der Waals surface area contributed by atoms with Crippen molar-refractivity contribution < 1.29 is 22.7 Å². The van der Waals surface area contributed by atoms with E-state index in [-0.39, 0.29) is 18.0 Å². The summed E-state index contributed by atoms with van der Waals surface area (Å²) >= 11 is 5.90. The molecule has 0 aliphatic carbocycles. The topological polar surface area (TPSA) is 131 Å². The number of carbonyl (C=O) groups is 2. The molecule has 3 aromatic rings. The lowest BCUT2D eigenvalue weighted by Crippen LogP contribution is -2.40. The highest BCUT2D eigenvalue weighted by Gasteiger charge is 2.26. The smallest absolute Gasteiger partial charge is 0.255 e. The maximum Gasteiger partial charge on any atom is 0.255 e. The first-order valence-electron chi connectivity index (χ1n) is 10.9. The zero-order valence-electron chi connectivity index (χ0n) is 19.2. The minimum absolute atomic E-state index is 0.0370. The molecule has 3 N–H and O–H groups in total. The fraction of sp³-hybridized carbons (Fsp3) is 0.160. The summed E-state index contributed by atoms with van der Waals surface area (Å²) < 4.78 is 32.8. The Balaban J connectivity index is 1.66. The molecule has 0 fully saturated rings. The third-order valence-corrected chi connectivity index (χ3v) is 7.04. The van der Waals surface area contributed by atoms with Crippen LogP contribution in [0.1, 0.15) is 11.1 Å². The van der Waals surface area contributed by atoms with E-state index >= 15 is 0 Å². The van der Waals surface area contributed by atoms with Gasteiger partial charge in [-0.05, 0) is 66.1 Å². The van der Waals surface area contributed by atoms with Crippen molar-refractivity contribution in [2.24, 2.45) is 10.8 Å². The molecular weight excluding hydrogens is 504 g/mol. The van der Waals surface area contributed by atoms with Crippen LogP contribution in [-0.4, -0.2) is 50.4 Å². The molecule has 0 aliphatic rings. The predicted octanol–water partition coefficient (Wildman–Crippen LogP) is 2.59. The van der Waals surface area contributed by atoms with Gasteiger partial charge in [-0.2, -0.15) is 9.41 Å². The fourth-order valence-electron chi connectivity index (χ4n) is 3.12. The molecule has 0 saturated carbocycles. The predicted molar refractivity (Wildman–Crippen MR) is 137 cm³/mol. The number of hydrazone groups is 1. The largest absolute Gasteiger partial charge is 0.484 e. The second-order valence-corrected chi connectivity index (χ2v) is 10.0. The van der Waals surface area contributed by atoms with Crippen LogP contribution in [0, 0.1) is 0 Å². The number of nitrogens with one attached hydrogen (secondary N) is 1. The molecule has 188 valence electrons. The van der Waals surface area contributed by atoms with Gasteiger partial charge >= 0.3 is 0 Å². The number of halogens is 1. The van der Waals surface area contributed by atoms with Crippen molar-refractivity contribution in [3.8, 4) is 5.75 Å². The van der Waals surface area contributed by atoms with Gasteiger partial charge in [0.15, 0.2) is 6.61 Å². The van der Waals surface area contributed by atoms with Crippen molar-refractivity contribution in [2.45, 2.75) is 11.3 Å². The van der Waals surface area contributed by atoms with Gasteiger partial charge in [0.2, 0.25) is 10.0 Å². The molecule has 0 atom stereocenters. The average molecular weight is 529 g/mol. The third kappa shape index (κ3) is 8.19. The summed E-state index contributed by atoms with van der Waals surface area (Å²) in [5.41, 5.74) is 8.99. The standard InChI is InChI=1S/C25H25ClN4O5S/c26-21-8-12-23(13-9-21)36(33,34)30(15-14-19-4-2-1-3-5-19)17-25(32)29-28-16-20-6-10-22(11-7-20)35-18-24(27)31/h1-13,16H,14-15,17-18H2,(H2,27,31)(H,29,32)/b28-16-. The Hall–Kier alpha value is -3.73. The van der Waals surface area contributed by atoms with Gasteiger partial charge in [0.25, 0.3) is 11.8 Å². The number of hydrogen-bond donors (Lipinski definition) is 2. The van der Waals surface area contributed by atoms with Gasteiger partial charge in [0.1, 0.15) is 5.75 Å². The Kier molecular flexibility index (Phi) is 9.57. The van der Waals surface area contributed by atoms with Crippen LogP contribution in [0.15, 0.2) is 88.9 Å².